The Morgan fingerprint density at radius 2 is 2.00 bits per heavy atom. The van der Waals surface area contributed by atoms with Crippen molar-refractivity contribution in [3.63, 3.8) is 0 Å². The molecule has 2 aliphatic rings. The van der Waals surface area contributed by atoms with E-state index in [9.17, 15) is 0 Å². The fraction of sp³-hybridized carbons (Fsp3) is 0.625. The molecule has 1 aromatic carbocycles. The van der Waals surface area contributed by atoms with Crippen LogP contribution >= 0.6 is 15.9 Å². The molecule has 3 unspecified atom stereocenters. The summed E-state index contributed by atoms with van der Waals surface area (Å²) in [4.78, 5) is 2.52. The number of fused-ring (bicyclic) bond motifs is 1. The van der Waals surface area contributed by atoms with Crippen molar-refractivity contribution in [2.75, 3.05) is 26.4 Å². The molecule has 1 fully saturated rings. The van der Waals surface area contributed by atoms with Crippen LogP contribution in [0, 0.1) is 11.8 Å². The summed E-state index contributed by atoms with van der Waals surface area (Å²) < 4.78 is 11.9. The van der Waals surface area contributed by atoms with Gasteiger partial charge in [0.2, 0.25) is 6.79 Å². The molecule has 0 saturated carbocycles. The predicted octanol–water partition coefficient (Wildman–Crippen LogP) is 3.16. The number of benzene rings is 1. The molecule has 5 heteroatoms. The van der Waals surface area contributed by atoms with Gasteiger partial charge in [0.05, 0.1) is 4.47 Å². The SMILES string of the molecule is CC1CC(C)CN(C(CN)c2cc(Br)c3c(c2)OCO3)C1. The van der Waals surface area contributed by atoms with Gasteiger partial charge in [-0.1, -0.05) is 13.8 Å². The van der Waals surface area contributed by atoms with E-state index in [-0.39, 0.29) is 6.04 Å². The van der Waals surface area contributed by atoms with Gasteiger partial charge in [-0.15, -0.1) is 0 Å². The van der Waals surface area contributed by atoms with E-state index in [0.29, 0.717) is 13.3 Å². The van der Waals surface area contributed by atoms with Gasteiger partial charge in [0.15, 0.2) is 11.5 Å². The quantitative estimate of drug-likeness (QED) is 0.905. The molecule has 0 aliphatic carbocycles. The molecule has 116 valence electrons. The van der Waals surface area contributed by atoms with Crippen molar-refractivity contribution in [2.24, 2.45) is 17.6 Å². The van der Waals surface area contributed by atoms with Gasteiger partial charge in [-0.2, -0.15) is 0 Å². The molecule has 3 atom stereocenters. The number of ether oxygens (including phenoxy) is 2. The van der Waals surface area contributed by atoms with Gasteiger partial charge in [0, 0.05) is 25.7 Å². The maximum atomic E-state index is 6.09. The second-order valence-electron chi connectivity index (χ2n) is 6.39. The van der Waals surface area contributed by atoms with Gasteiger partial charge in [0.1, 0.15) is 0 Å². The highest BCUT2D eigenvalue weighted by Gasteiger charge is 2.29. The molecule has 3 rings (SSSR count). The number of hydrogen-bond donors (Lipinski definition) is 1. The second-order valence-corrected chi connectivity index (χ2v) is 7.24. The Morgan fingerprint density at radius 3 is 2.67 bits per heavy atom. The summed E-state index contributed by atoms with van der Waals surface area (Å²) >= 11 is 3.58. The summed E-state index contributed by atoms with van der Waals surface area (Å²) in [6.07, 6.45) is 1.30. The van der Waals surface area contributed by atoms with Crippen molar-refractivity contribution in [1.82, 2.24) is 4.90 Å². The molecule has 2 N–H and O–H groups in total. The maximum absolute atomic E-state index is 6.09. The monoisotopic (exact) mass is 354 g/mol. The highest BCUT2D eigenvalue weighted by atomic mass is 79.9. The number of likely N-dealkylation sites (tertiary alicyclic amines) is 1. The minimum atomic E-state index is 0.237. The lowest BCUT2D eigenvalue weighted by Crippen LogP contribution is -2.43. The van der Waals surface area contributed by atoms with Crippen LogP contribution in [0.5, 0.6) is 11.5 Å². The molecule has 0 amide bonds. The summed E-state index contributed by atoms with van der Waals surface area (Å²) in [6.45, 7) is 7.78. The summed E-state index contributed by atoms with van der Waals surface area (Å²) in [5.74, 6) is 3.06. The zero-order chi connectivity index (χ0) is 15.0. The van der Waals surface area contributed by atoms with Crippen molar-refractivity contribution in [2.45, 2.75) is 26.3 Å². The Kier molecular flexibility index (Phi) is 4.43. The van der Waals surface area contributed by atoms with Crippen LogP contribution in [-0.2, 0) is 0 Å². The Hall–Kier alpha value is -0.780. The molecule has 0 radical (unpaired) electrons. The fourth-order valence-electron chi connectivity index (χ4n) is 3.64. The van der Waals surface area contributed by atoms with E-state index < -0.39 is 0 Å². The Labute approximate surface area is 134 Å². The van der Waals surface area contributed by atoms with E-state index in [0.717, 1.165) is 40.9 Å². The average molecular weight is 355 g/mol. The lowest BCUT2D eigenvalue weighted by molar-refractivity contribution is 0.0983. The van der Waals surface area contributed by atoms with Crippen molar-refractivity contribution in [3.05, 3.63) is 22.2 Å². The van der Waals surface area contributed by atoms with E-state index in [1.807, 2.05) is 0 Å². The zero-order valence-electron chi connectivity index (χ0n) is 12.6. The summed E-state index contributed by atoms with van der Waals surface area (Å²) in [6, 6.07) is 4.43. The molecule has 2 aliphatic heterocycles. The third-order valence-corrected chi connectivity index (χ3v) is 4.98. The van der Waals surface area contributed by atoms with Crippen LogP contribution in [-0.4, -0.2) is 31.3 Å². The summed E-state index contributed by atoms with van der Waals surface area (Å²) in [5.41, 5.74) is 7.30. The minimum absolute atomic E-state index is 0.237. The second kappa shape index (κ2) is 6.15. The van der Waals surface area contributed by atoms with Gasteiger partial charge in [0.25, 0.3) is 0 Å². The van der Waals surface area contributed by atoms with E-state index >= 15 is 0 Å². The van der Waals surface area contributed by atoms with E-state index in [1.54, 1.807) is 0 Å². The molecule has 1 aromatic rings. The first-order chi connectivity index (χ1) is 10.1. The molecule has 0 aromatic heterocycles. The highest BCUT2D eigenvalue weighted by Crippen LogP contribution is 2.42. The lowest BCUT2D eigenvalue weighted by Gasteiger charge is -2.40. The van der Waals surface area contributed by atoms with Crippen molar-refractivity contribution in [1.29, 1.82) is 0 Å². The topological polar surface area (TPSA) is 47.7 Å². The van der Waals surface area contributed by atoms with Gasteiger partial charge < -0.3 is 15.2 Å². The van der Waals surface area contributed by atoms with Crippen LogP contribution in [0.1, 0.15) is 31.9 Å². The largest absolute Gasteiger partial charge is 0.454 e. The minimum Gasteiger partial charge on any atom is -0.454 e. The van der Waals surface area contributed by atoms with E-state index in [1.165, 1.54) is 12.0 Å². The van der Waals surface area contributed by atoms with E-state index in [4.69, 9.17) is 15.2 Å². The van der Waals surface area contributed by atoms with Gasteiger partial charge >= 0.3 is 0 Å². The van der Waals surface area contributed by atoms with Crippen LogP contribution in [0.2, 0.25) is 0 Å². The van der Waals surface area contributed by atoms with Crippen LogP contribution < -0.4 is 15.2 Å². The number of rotatable bonds is 3. The smallest absolute Gasteiger partial charge is 0.231 e. The summed E-state index contributed by atoms with van der Waals surface area (Å²) in [5, 5.41) is 0. The number of halogens is 1. The molecule has 2 heterocycles. The number of nitrogens with two attached hydrogens (primary N) is 1. The molecule has 1 saturated heterocycles. The van der Waals surface area contributed by atoms with E-state index in [2.05, 4.69) is 46.8 Å². The third-order valence-electron chi connectivity index (χ3n) is 4.40. The first kappa shape index (κ1) is 15.1. The zero-order valence-corrected chi connectivity index (χ0v) is 14.2. The van der Waals surface area contributed by atoms with Gasteiger partial charge in [-0.25, -0.2) is 0 Å². The molecule has 4 nitrogen and oxygen atoms in total. The van der Waals surface area contributed by atoms with Crippen molar-refractivity contribution in [3.8, 4) is 11.5 Å². The molecular weight excluding hydrogens is 332 g/mol. The fourth-order valence-corrected chi connectivity index (χ4v) is 4.22. The maximum Gasteiger partial charge on any atom is 0.231 e. The third kappa shape index (κ3) is 3.05. The van der Waals surface area contributed by atoms with Crippen LogP contribution in [0.25, 0.3) is 0 Å². The van der Waals surface area contributed by atoms with Crippen LogP contribution in [0.15, 0.2) is 16.6 Å². The molecule has 21 heavy (non-hydrogen) atoms. The summed E-state index contributed by atoms with van der Waals surface area (Å²) in [7, 11) is 0. The average Bonchev–Trinajstić information content (AvgIpc) is 2.87. The molecule has 0 bridgehead atoms. The lowest BCUT2D eigenvalue weighted by atomic mass is 9.89. The number of hydrogen-bond acceptors (Lipinski definition) is 4. The van der Waals surface area contributed by atoms with Crippen LogP contribution in [0.3, 0.4) is 0 Å². The Bertz CT molecular complexity index is 513. The Balaban J connectivity index is 1.88. The number of nitrogens with zero attached hydrogens (tertiary/aromatic N) is 1. The molecule has 0 spiro atoms. The number of piperidine rings is 1. The normalized spacial score (nSPS) is 26.9. The predicted molar refractivity (Wildman–Crippen MR) is 86.6 cm³/mol. The highest BCUT2D eigenvalue weighted by molar-refractivity contribution is 9.10. The Morgan fingerprint density at radius 1 is 1.29 bits per heavy atom. The van der Waals surface area contributed by atoms with Crippen molar-refractivity contribution >= 4 is 15.9 Å². The van der Waals surface area contributed by atoms with Crippen LogP contribution in [0.4, 0.5) is 0 Å². The van der Waals surface area contributed by atoms with Gasteiger partial charge in [-0.3, -0.25) is 4.90 Å². The standard InChI is InChI=1S/C16H23BrN2O2/c1-10-3-11(2)8-19(7-10)14(6-18)12-4-13(17)16-15(5-12)20-9-21-16/h4-5,10-11,14H,3,6-9,18H2,1-2H3. The first-order valence-corrected chi connectivity index (χ1v) is 8.41. The molecular formula is C16H23BrN2O2. The first-order valence-electron chi connectivity index (χ1n) is 7.61. The van der Waals surface area contributed by atoms with Crippen molar-refractivity contribution < 1.29 is 9.47 Å². The van der Waals surface area contributed by atoms with Gasteiger partial charge in [-0.05, 0) is 51.9 Å².